The van der Waals surface area contributed by atoms with Gasteiger partial charge in [-0.15, -0.1) is 0 Å². The van der Waals surface area contributed by atoms with Crippen molar-refractivity contribution >= 4 is 63.5 Å². The lowest BCUT2D eigenvalue weighted by molar-refractivity contribution is -0.123. The highest BCUT2D eigenvalue weighted by Gasteiger charge is 2.34. The van der Waals surface area contributed by atoms with Gasteiger partial charge in [-0.1, -0.05) is 47.6 Å². The highest BCUT2D eigenvalue weighted by molar-refractivity contribution is 8.26. The van der Waals surface area contributed by atoms with Crippen LogP contribution in [-0.2, 0) is 4.79 Å². The fourth-order valence-corrected chi connectivity index (χ4v) is 3.79. The largest absolute Gasteiger partial charge is 0.378 e. The molecule has 1 heterocycles. The van der Waals surface area contributed by atoms with E-state index < -0.39 is 5.91 Å². The third kappa shape index (κ3) is 4.32. The molecule has 1 aliphatic rings. The molecular formula is C19H16ClN3O2S2. The third-order valence-corrected chi connectivity index (χ3v) is 5.46. The van der Waals surface area contributed by atoms with E-state index >= 15 is 0 Å². The lowest BCUT2D eigenvalue weighted by Crippen LogP contribution is -2.44. The zero-order valence-electron chi connectivity index (χ0n) is 14.6. The molecule has 1 N–H and O–H groups in total. The predicted molar refractivity (Wildman–Crippen MR) is 115 cm³/mol. The second kappa shape index (κ2) is 8.12. The van der Waals surface area contributed by atoms with Crippen molar-refractivity contribution in [2.75, 3.05) is 19.0 Å². The molecule has 1 saturated heterocycles. The minimum absolute atomic E-state index is 0.261. The van der Waals surface area contributed by atoms with Crippen LogP contribution in [0.3, 0.4) is 0 Å². The van der Waals surface area contributed by atoms with Gasteiger partial charge in [0.15, 0.2) is 4.32 Å². The molecule has 5 nitrogen and oxygen atoms in total. The van der Waals surface area contributed by atoms with E-state index in [2.05, 4.69) is 5.43 Å². The Morgan fingerprint density at radius 2 is 1.85 bits per heavy atom. The van der Waals surface area contributed by atoms with Crippen molar-refractivity contribution in [2.45, 2.75) is 0 Å². The van der Waals surface area contributed by atoms with Crippen molar-refractivity contribution in [3.63, 3.8) is 0 Å². The monoisotopic (exact) mass is 417 g/mol. The number of halogens is 1. The molecule has 2 amide bonds. The fourth-order valence-electron chi connectivity index (χ4n) is 2.39. The second-order valence-electron chi connectivity index (χ2n) is 5.92. The minimum atomic E-state index is -0.492. The normalized spacial score (nSPS) is 15.4. The standard InChI is InChI=1S/C19H16ClN3O2S2/c1-22(2)13-9-7-12(8-10-13)11-16-18(25)23(19(26)27-16)21-17(24)14-5-3-4-6-15(14)20/h3-11H,1-2H3,(H,21,24). The number of hydrazine groups is 1. The van der Waals surface area contributed by atoms with Crippen molar-refractivity contribution in [1.82, 2.24) is 10.4 Å². The number of benzene rings is 2. The predicted octanol–water partition coefficient (Wildman–Crippen LogP) is 3.95. The summed E-state index contributed by atoms with van der Waals surface area (Å²) in [6.07, 6.45) is 1.75. The minimum Gasteiger partial charge on any atom is -0.378 e. The van der Waals surface area contributed by atoms with Gasteiger partial charge in [0, 0.05) is 19.8 Å². The zero-order valence-corrected chi connectivity index (χ0v) is 17.0. The first-order valence-electron chi connectivity index (χ1n) is 7.97. The number of nitrogens with one attached hydrogen (secondary N) is 1. The molecule has 1 aliphatic heterocycles. The summed E-state index contributed by atoms with van der Waals surface area (Å²) in [5.41, 5.74) is 4.74. The Hall–Kier alpha value is -2.35. The maximum Gasteiger partial charge on any atom is 0.285 e. The number of hydrogen-bond acceptors (Lipinski definition) is 5. The van der Waals surface area contributed by atoms with Crippen LogP contribution < -0.4 is 10.3 Å². The molecule has 3 rings (SSSR count). The van der Waals surface area contributed by atoms with E-state index in [0.29, 0.717) is 9.93 Å². The SMILES string of the molecule is CN(C)c1ccc(C=C2SC(=S)N(NC(=O)c3ccccc3Cl)C2=O)cc1. The molecule has 0 aliphatic carbocycles. The van der Waals surface area contributed by atoms with Crippen LogP contribution >= 0.6 is 35.6 Å². The van der Waals surface area contributed by atoms with Gasteiger partial charge >= 0.3 is 0 Å². The average Bonchev–Trinajstić information content (AvgIpc) is 2.90. The molecule has 8 heteroatoms. The first kappa shape index (κ1) is 19.4. The average molecular weight is 418 g/mol. The molecular weight excluding hydrogens is 402 g/mol. The van der Waals surface area contributed by atoms with Gasteiger partial charge in [-0.3, -0.25) is 15.0 Å². The number of rotatable bonds is 4. The Labute approximate surface area is 171 Å². The zero-order chi connectivity index (χ0) is 19.6. The van der Waals surface area contributed by atoms with Crippen LogP contribution in [0.4, 0.5) is 5.69 Å². The van der Waals surface area contributed by atoms with Crippen molar-refractivity contribution in [1.29, 1.82) is 0 Å². The summed E-state index contributed by atoms with van der Waals surface area (Å²) in [5.74, 6) is -0.865. The Balaban J connectivity index is 1.76. The van der Waals surface area contributed by atoms with Crippen molar-refractivity contribution in [2.24, 2.45) is 0 Å². The van der Waals surface area contributed by atoms with Gasteiger partial charge in [-0.05, 0) is 48.1 Å². The molecule has 0 aromatic heterocycles. The molecule has 2 aromatic carbocycles. The van der Waals surface area contributed by atoms with Gasteiger partial charge in [-0.2, -0.15) is 5.01 Å². The van der Waals surface area contributed by atoms with Gasteiger partial charge < -0.3 is 4.90 Å². The number of carbonyl (C=O) groups is 2. The van der Waals surface area contributed by atoms with Crippen LogP contribution in [0.1, 0.15) is 15.9 Å². The summed E-state index contributed by atoms with van der Waals surface area (Å²) in [6.45, 7) is 0. The van der Waals surface area contributed by atoms with E-state index in [-0.39, 0.29) is 15.8 Å². The molecule has 1 fully saturated rings. The summed E-state index contributed by atoms with van der Waals surface area (Å²) in [5, 5.41) is 1.38. The van der Waals surface area contributed by atoms with E-state index in [1.165, 1.54) is 0 Å². The van der Waals surface area contributed by atoms with Crippen LogP contribution in [0.15, 0.2) is 53.4 Å². The summed E-state index contributed by atoms with van der Waals surface area (Å²) in [6, 6.07) is 14.4. The highest BCUT2D eigenvalue weighted by Crippen LogP contribution is 2.32. The summed E-state index contributed by atoms with van der Waals surface area (Å²) in [4.78, 5) is 27.5. The van der Waals surface area contributed by atoms with Crippen LogP contribution in [-0.4, -0.2) is 35.2 Å². The number of amides is 2. The molecule has 0 spiro atoms. The number of thioether (sulfide) groups is 1. The molecule has 0 saturated carbocycles. The van der Waals surface area contributed by atoms with E-state index in [4.69, 9.17) is 23.8 Å². The molecule has 0 unspecified atom stereocenters. The third-order valence-electron chi connectivity index (χ3n) is 3.83. The van der Waals surface area contributed by atoms with Crippen LogP contribution in [0.2, 0.25) is 5.02 Å². The van der Waals surface area contributed by atoms with E-state index in [9.17, 15) is 9.59 Å². The number of carbonyl (C=O) groups excluding carboxylic acids is 2. The molecule has 2 aromatic rings. The van der Waals surface area contributed by atoms with Gasteiger partial charge in [0.25, 0.3) is 11.8 Å². The Morgan fingerprint density at radius 1 is 1.19 bits per heavy atom. The van der Waals surface area contributed by atoms with E-state index in [0.717, 1.165) is 28.0 Å². The molecule has 0 radical (unpaired) electrons. The van der Waals surface area contributed by atoms with Crippen LogP contribution in [0.25, 0.3) is 6.08 Å². The van der Waals surface area contributed by atoms with E-state index in [1.807, 2.05) is 43.3 Å². The maximum absolute atomic E-state index is 12.6. The number of thiocarbonyl (C=S) groups is 1. The number of hydrogen-bond donors (Lipinski definition) is 1. The molecule has 27 heavy (non-hydrogen) atoms. The summed E-state index contributed by atoms with van der Waals surface area (Å²) >= 11 is 12.4. The molecule has 0 atom stereocenters. The highest BCUT2D eigenvalue weighted by atomic mass is 35.5. The Morgan fingerprint density at radius 3 is 2.48 bits per heavy atom. The maximum atomic E-state index is 12.6. The van der Waals surface area contributed by atoms with Gasteiger partial charge in [0.2, 0.25) is 0 Å². The van der Waals surface area contributed by atoms with E-state index in [1.54, 1.807) is 30.3 Å². The number of nitrogens with zero attached hydrogens (tertiary/aromatic N) is 2. The molecule has 138 valence electrons. The Kier molecular flexibility index (Phi) is 5.84. The lowest BCUT2D eigenvalue weighted by Gasteiger charge is -2.16. The first-order valence-corrected chi connectivity index (χ1v) is 9.58. The van der Waals surface area contributed by atoms with Crippen LogP contribution in [0.5, 0.6) is 0 Å². The summed E-state index contributed by atoms with van der Waals surface area (Å²) < 4.78 is 0.261. The van der Waals surface area contributed by atoms with Gasteiger partial charge in [-0.25, -0.2) is 0 Å². The summed E-state index contributed by atoms with van der Waals surface area (Å²) in [7, 11) is 3.92. The lowest BCUT2D eigenvalue weighted by atomic mass is 10.2. The molecule has 0 bridgehead atoms. The van der Waals surface area contributed by atoms with Crippen LogP contribution in [0, 0.1) is 0 Å². The smallest absolute Gasteiger partial charge is 0.285 e. The second-order valence-corrected chi connectivity index (χ2v) is 8.01. The topological polar surface area (TPSA) is 52.6 Å². The van der Waals surface area contributed by atoms with Crippen molar-refractivity contribution in [3.05, 3.63) is 69.6 Å². The quantitative estimate of drug-likeness (QED) is 0.603. The van der Waals surface area contributed by atoms with Crippen molar-refractivity contribution < 1.29 is 9.59 Å². The number of anilines is 1. The fraction of sp³-hybridized carbons (Fsp3) is 0.105. The van der Waals surface area contributed by atoms with Gasteiger partial charge in [0.05, 0.1) is 15.5 Å². The van der Waals surface area contributed by atoms with Crippen molar-refractivity contribution in [3.8, 4) is 0 Å². The Bertz CT molecular complexity index is 942. The first-order chi connectivity index (χ1) is 12.9. The van der Waals surface area contributed by atoms with Gasteiger partial charge in [0.1, 0.15) is 0 Å².